The minimum Gasteiger partial charge on any atom is -0.370 e. The van der Waals surface area contributed by atoms with Crippen LogP contribution in [0.5, 0.6) is 0 Å². The van der Waals surface area contributed by atoms with Gasteiger partial charge in [0.25, 0.3) is 0 Å². The number of carbonyl (C=O) groups excluding carboxylic acids is 1. The van der Waals surface area contributed by atoms with Crippen LogP contribution in [-0.2, 0) is 4.79 Å². The first-order chi connectivity index (χ1) is 12.5. The van der Waals surface area contributed by atoms with Crippen molar-refractivity contribution in [2.75, 3.05) is 37.6 Å². The van der Waals surface area contributed by atoms with E-state index in [1.165, 1.54) is 0 Å². The minimum atomic E-state index is 0. The minimum absolute atomic E-state index is 0. The van der Waals surface area contributed by atoms with Crippen molar-refractivity contribution < 1.29 is 4.79 Å². The van der Waals surface area contributed by atoms with Gasteiger partial charge in [-0.1, -0.05) is 0 Å². The zero-order chi connectivity index (χ0) is 18.7. The van der Waals surface area contributed by atoms with E-state index in [4.69, 9.17) is 5.26 Å². The van der Waals surface area contributed by atoms with Crippen molar-refractivity contribution in [3.05, 3.63) is 24.0 Å². The average Bonchev–Trinajstić information content (AvgIpc) is 2.67. The van der Waals surface area contributed by atoms with E-state index in [1.54, 1.807) is 12.3 Å². The van der Waals surface area contributed by atoms with E-state index in [0.717, 1.165) is 51.3 Å². The molecule has 0 unspecified atom stereocenters. The number of amides is 1. The summed E-state index contributed by atoms with van der Waals surface area (Å²) in [6.07, 6.45) is 3.53. The summed E-state index contributed by atoms with van der Waals surface area (Å²) in [5.74, 6) is 0.466. The molecule has 0 N–H and O–H groups in total. The molecule has 1 amide bonds. The molecule has 0 bridgehead atoms. The predicted octanol–water partition coefficient (Wildman–Crippen LogP) is 2.53. The lowest BCUT2D eigenvalue weighted by Crippen LogP contribution is -2.57. The molecule has 2 aliphatic heterocycles. The first-order valence-electron chi connectivity index (χ1n) is 9.65. The van der Waals surface area contributed by atoms with Crippen LogP contribution in [0.4, 0.5) is 5.69 Å². The standard InChI is InChI=1S/C20H29N5O.ClH/c1-15(2)25-11-10-24(14-16(25)3)20(26)17-6-8-23(9-7-17)19-5-4-18(12-21)22-13-19;/h4-5,13,15-17H,6-11,14H2,1-3H3;1H/t16-;/m0./s1. The smallest absolute Gasteiger partial charge is 0.225 e. The number of anilines is 1. The number of pyridine rings is 1. The largest absolute Gasteiger partial charge is 0.370 e. The normalized spacial score (nSPS) is 21.7. The molecule has 2 aliphatic rings. The quantitative estimate of drug-likeness (QED) is 0.792. The highest BCUT2D eigenvalue weighted by Gasteiger charge is 2.33. The third-order valence-electron chi connectivity index (χ3n) is 5.73. The Kier molecular flexibility index (Phi) is 7.46. The van der Waals surface area contributed by atoms with E-state index < -0.39 is 0 Å². The molecule has 0 saturated carbocycles. The molecule has 0 radical (unpaired) electrons. The fraction of sp³-hybridized carbons (Fsp3) is 0.650. The number of nitriles is 1. The van der Waals surface area contributed by atoms with E-state index in [9.17, 15) is 4.79 Å². The van der Waals surface area contributed by atoms with Gasteiger partial charge in [-0.15, -0.1) is 12.4 Å². The fourth-order valence-electron chi connectivity index (χ4n) is 4.22. The Morgan fingerprint density at radius 2 is 1.93 bits per heavy atom. The number of rotatable bonds is 3. The van der Waals surface area contributed by atoms with Gasteiger partial charge in [0, 0.05) is 50.7 Å². The van der Waals surface area contributed by atoms with Crippen LogP contribution in [-0.4, -0.2) is 65.5 Å². The number of nitrogens with zero attached hydrogens (tertiary/aromatic N) is 5. The summed E-state index contributed by atoms with van der Waals surface area (Å²) in [7, 11) is 0. The van der Waals surface area contributed by atoms with Crippen LogP contribution in [0.3, 0.4) is 0 Å². The lowest BCUT2D eigenvalue weighted by atomic mass is 9.94. The summed E-state index contributed by atoms with van der Waals surface area (Å²) < 4.78 is 0. The van der Waals surface area contributed by atoms with Crippen LogP contribution < -0.4 is 4.90 Å². The van der Waals surface area contributed by atoms with Gasteiger partial charge < -0.3 is 9.80 Å². The second-order valence-electron chi connectivity index (χ2n) is 7.74. The SMILES string of the molecule is CC(C)N1CCN(C(=O)C2CCN(c3ccc(C#N)nc3)CC2)C[C@@H]1C.Cl. The van der Waals surface area contributed by atoms with Crippen molar-refractivity contribution >= 4 is 24.0 Å². The number of hydrogen-bond acceptors (Lipinski definition) is 5. The van der Waals surface area contributed by atoms with Gasteiger partial charge in [0.15, 0.2) is 0 Å². The lowest BCUT2D eigenvalue weighted by Gasteiger charge is -2.43. The van der Waals surface area contributed by atoms with Gasteiger partial charge in [-0.2, -0.15) is 5.26 Å². The molecule has 6 nitrogen and oxygen atoms in total. The van der Waals surface area contributed by atoms with Gasteiger partial charge in [-0.3, -0.25) is 9.69 Å². The van der Waals surface area contributed by atoms with Crippen molar-refractivity contribution in [3.8, 4) is 6.07 Å². The molecule has 148 valence electrons. The highest BCUT2D eigenvalue weighted by molar-refractivity contribution is 5.85. The van der Waals surface area contributed by atoms with Crippen LogP contribution in [0.25, 0.3) is 0 Å². The third-order valence-corrected chi connectivity index (χ3v) is 5.73. The van der Waals surface area contributed by atoms with Gasteiger partial charge in [0.1, 0.15) is 11.8 Å². The maximum atomic E-state index is 12.9. The maximum absolute atomic E-state index is 12.9. The van der Waals surface area contributed by atoms with Crippen molar-refractivity contribution in [1.29, 1.82) is 5.26 Å². The Morgan fingerprint density at radius 1 is 1.22 bits per heavy atom. The van der Waals surface area contributed by atoms with Crippen molar-refractivity contribution in [3.63, 3.8) is 0 Å². The summed E-state index contributed by atoms with van der Waals surface area (Å²) in [4.78, 5) is 23.9. The Bertz CT molecular complexity index is 664. The van der Waals surface area contributed by atoms with E-state index in [0.29, 0.717) is 23.7 Å². The molecule has 2 saturated heterocycles. The Morgan fingerprint density at radius 3 is 2.44 bits per heavy atom. The lowest BCUT2D eigenvalue weighted by molar-refractivity contribution is -0.139. The molecule has 1 aromatic rings. The molecule has 7 heteroatoms. The summed E-state index contributed by atoms with van der Waals surface area (Å²) in [6, 6.07) is 6.70. The Labute approximate surface area is 168 Å². The third kappa shape index (κ3) is 4.91. The Balaban J connectivity index is 0.00000261. The van der Waals surface area contributed by atoms with Crippen molar-refractivity contribution in [1.82, 2.24) is 14.8 Å². The molecule has 2 fully saturated rings. The summed E-state index contributed by atoms with van der Waals surface area (Å²) in [6.45, 7) is 11.1. The van der Waals surface area contributed by atoms with Crippen LogP contribution in [0, 0.1) is 17.2 Å². The molecule has 3 rings (SSSR count). The number of hydrogen-bond donors (Lipinski definition) is 0. The van der Waals surface area contributed by atoms with E-state index in [-0.39, 0.29) is 18.3 Å². The summed E-state index contributed by atoms with van der Waals surface area (Å²) >= 11 is 0. The molecular weight excluding hydrogens is 362 g/mol. The molecular formula is C20H30ClN5O. The molecule has 1 atom stereocenters. The number of aromatic nitrogens is 1. The predicted molar refractivity (Wildman–Crippen MR) is 109 cm³/mol. The average molecular weight is 392 g/mol. The van der Waals surface area contributed by atoms with Crippen LogP contribution in [0.2, 0.25) is 0 Å². The maximum Gasteiger partial charge on any atom is 0.225 e. The molecule has 27 heavy (non-hydrogen) atoms. The molecule has 0 spiro atoms. The zero-order valence-corrected chi connectivity index (χ0v) is 17.3. The van der Waals surface area contributed by atoms with Crippen LogP contribution >= 0.6 is 12.4 Å². The van der Waals surface area contributed by atoms with Gasteiger partial charge >= 0.3 is 0 Å². The van der Waals surface area contributed by atoms with Crippen LogP contribution in [0.15, 0.2) is 18.3 Å². The second kappa shape index (κ2) is 9.38. The molecule has 3 heterocycles. The number of piperidine rings is 1. The number of piperazine rings is 1. The zero-order valence-electron chi connectivity index (χ0n) is 16.5. The van der Waals surface area contributed by atoms with E-state index >= 15 is 0 Å². The molecule has 1 aromatic heterocycles. The van der Waals surface area contributed by atoms with Crippen molar-refractivity contribution in [2.24, 2.45) is 5.92 Å². The van der Waals surface area contributed by atoms with Gasteiger partial charge in [-0.25, -0.2) is 4.98 Å². The first kappa shape index (κ1) is 21.5. The molecule has 0 aromatic carbocycles. The summed E-state index contributed by atoms with van der Waals surface area (Å²) in [5, 5.41) is 8.85. The van der Waals surface area contributed by atoms with Crippen LogP contribution in [0.1, 0.15) is 39.3 Å². The van der Waals surface area contributed by atoms with Gasteiger partial charge in [-0.05, 0) is 45.7 Å². The number of carbonyl (C=O) groups is 1. The highest BCUT2D eigenvalue weighted by atomic mass is 35.5. The van der Waals surface area contributed by atoms with Gasteiger partial charge in [0.2, 0.25) is 5.91 Å². The second-order valence-corrected chi connectivity index (χ2v) is 7.74. The highest BCUT2D eigenvalue weighted by Crippen LogP contribution is 2.25. The Hall–Kier alpha value is -1.84. The first-order valence-corrected chi connectivity index (χ1v) is 9.65. The van der Waals surface area contributed by atoms with Crippen molar-refractivity contribution in [2.45, 2.75) is 45.7 Å². The summed E-state index contributed by atoms with van der Waals surface area (Å²) in [5.41, 5.74) is 1.47. The molecule has 0 aliphatic carbocycles. The fourth-order valence-corrected chi connectivity index (χ4v) is 4.22. The van der Waals surface area contributed by atoms with E-state index in [1.807, 2.05) is 12.1 Å². The topological polar surface area (TPSA) is 63.5 Å². The van der Waals surface area contributed by atoms with Gasteiger partial charge in [0.05, 0.1) is 11.9 Å². The van der Waals surface area contributed by atoms with E-state index in [2.05, 4.69) is 40.5 Å². The monoisotopic (exact) mass is 391 g/mol. The number of halogens is 1.